The van der Waals surface area contributed by atoms with Crippen LogP contribution in [0.5, 0.6) is 0 Å². The first-order chi connectivity index (χ1) is 14.0. The first-order valence-electron chi connectivity index (χ1n) is 9.38. The summed E-state index contributed by atoms with van der Waals surface area (Å²) >= 11 is 1.17. The molecule has 0 bridgehead atoms. The number of rotatable bonds is 4. The number of piperazine rings is 1. The summed E-state index contributed by atoms with van der Waals surface area (Å²) in [6, 6.07) is 1.17. The molecular weight excluding hydrogens is 431 g/mol. The van der Waals surface area contributed by atoms with Crippen LogP contribution in [-0.2, 0) is 0 Å². The lowest BCUT2D eigenvalue weighted by molar-refractivity contribution is 0.0697. The standard InChI is InChI=1S/C20H21FN4O3S.ClH/c1-3-23-4-6-24(7-5-23)17-13(11-22-2)16-12(10-14(17)21)18(26)15(20(27)28)19-25(16)8-9-29-19;/h8-11H,3-7H2,1-2H3,(H,27,28);1H. The molecule has 0 spiro atoms. The number of pyridine rings is 1. The van der Waals surface area contributed by atoms with Gasteiger partial charge in [-0.1, -0.05) is 6.92 Å². The maximum Gasteiger partial charge on any atom is 0.342 e. The molecule has 1 saturated heterocycles. The summed E-state index contributed by atoms with van der Waals surface area (Å²) in [4.78, 5) is 33.4. The second-order valence-electron chi connectivity index (χ2n) is 6.91. The highest BCUT2D eigenvalue weighted by atomic mass is 35.5. The third-order valence-electron chi connectivity index (χ3n) is 5.41. The smallest absolute Gasteiger partial charge is 0.342 e. The lowest BCUT2D eigenvalue weighted by atomic mass is 10.0. The van der Waals surface area contributed by atoms with Crippen LogP contribution in [0, 0.1) is 5.82 Å². The number of aromatic nitrogens is 1. The van der Waals surface area contributed by atoms with Crippen molar-refractivity contribution in [2.45, 2.75) is 6.92 Å². The molecule has 160 valence electrons. The quantitative estimate of drug-likeness (QED) is 0.616. The molecule has 0 amide bonds. The number of carbonyl (C=O) groups is 1. The van der Waals surface area contributed by atoms with E-state index in [0.29, 0.717) is 34.7 Å². The molecule has 1 N–H and O–H groups in total. The molecule has 3 aromatic rings. The van der Waals surface area contributed by atoms with E-state index in [1.54, 1.807) is 29.2 Å². The molecule has 30 heavy (non-hydrogen) atoms. The van der Waals surface area contributed by atoms with Crippen LogP contribution in [0.25, 0.3) is 15.7 Å². The zero-order valence-electron chi connectivity index (χ0n) is 16.6. The lowest BCUT2D eigenvalue weighted by Gasteiger charge is -2.36. The van der Waals surface area contributed by atoms with Crippen molar-refractivity contribution in [3.8, 4) is 0 Å². The van der Waals surface area contributed by atoms with Crippen molar-refractivity contribution in [2.24, 2.45) is 4.99 Å². The van der Waals surface area contributed by atoms with Crippen LogP contribution in [0.2, 0.25) is 0 Å². The van der Waals surface area contributed by atoms with E-state index in [9.17, 15) is 14.7 Å². The highest BCUT2D eigenvalue weighted by Gasteiger charge is 2.27. The average Bonchev–Trinajstić information content (AvgIpc) is 3.17. The van der Waals surface area contributed by atoms with Gasteiger partial charge in [-0.15, -0.1) is 23.7 Å². The van der Waals surface area contributed by atoms with Crippen LogP contribution in [0.15, 0.2) is 27.4 Å². The second-order valence-corrected chi connectivity index (χ2v) is 7.81. The van der Waals surface area contributed by atoms with Gasteiger partial charge in [0.25, 0.3) is 0 Å². The van der Waals surface area contributed by atoms with E-state index in [1.165, 1.54) is 17.4 Å². The van der Waals surface area contributed by atoms with Crippen LogP contribution < -0.4 is 10.3 Å². The van der Waals surface area contributed by atoms with E-state index in [4.69, 9.17) is 0 Å². The molecule has 10 heteroatoms. The minimum Gasteiger partial charge on any atom is -0.477 e. The fraction of sp³-hybridized carbons (Fsp3) is 0.350. The molecular formula is C20H22ClFN4O3S. The Labute approximate surface area is 182 Å². The highest BCUT2D eigenvalue weighted by molar-refractivity contribution is 7.16. The van der Waals surface area contributed by atoms with Gasteiger partial charge in [0.2, 0.25) is 5.43 Å². The third-order valence-corrected chi connectivity index (χ3v) is 6.29. The Morgan fingerprint density at radius 2 is 2.03 bits per heavy atom. The van der Waals surface area contributed by atoms with Crippen molar-refractivity contribution < 1.29 is 14.3 Å². The molecule has 1 fully saturated rings. The van der Waals surface area contributed by atoms with E-state index < -0.39 is 17.2 Å². The Morgan fingerprint density at radius 1 is 1.33 bits per heavy atom. The van der Waals surface area contributed by atoms with Crippen molar-refractivity contribution in [3.63, 3.8) is 0 Å². The lowest BCUT2D eigenvalue weighted by Crippen LogP contribution is -2.46. The number of halogens is 2. The molecule has 2 aromatic heterocycles. The maximum atomic E-state index is 15.3. The van der Waals surface area contributed by atoms with E-state index in [0.717, 1.165) is 19.6 Å². The predicted octanol–water partition coefficient (Wildman–Crippen LogP) is 2.96. The van der Waals surface area contributed by atoms with Crippen molar-refractivity contribution in [3.05, 3.63) is 44.8 Å². The highest BCUT2D eigenvalue weighted by Crippen LogP contribution is 2.33. The SMILES string of the molecule is CCN1CCN(c2c(F)cc3c(=O)c(C(=O)O)c4sccn4c3c2C=NC)CC1.Cl. The molecule has 0 saturated carbocycles. The van der Waals surface area contributed by atoms with Crippen molar-refractivity contribution >= 4 is 57.3 Å². The van der Waals surface area contributed by atoms with Gasteiger partial charge < -0.3 is 19.3 Å². The molecule has 1 aliphatic heterocycles. The van der Waals surface area contributed by atoms with Gasteiger partial charge in [0, 0.05) is 56.6 Å². The number of carboxylic acids is 1. The van der Waals surface area contributed by atoms with Gasteiger partial charge in [-0.05, 0) is 12.6 Å². The number of nitrogens with zero attached hydrogens (tertiary/aromatic N) is 4. The Bertz CT molecular complexity index is 1200. The minimum atomic E-state index is -1.32. The summed E-state index contributed by atoms with van der Waals surface area (Å²) in [7, 11) is 1.59. The number of fused-ring (bicyclic) bond motifs is 3. The number of aliphatic imine (C=N–C) groups is 1. The van der Waals surface area contributed by atoms with E-state index >= 15 is 4.39 Å². The number of carboxylic acid groups (broad SMARTS) is 1. The zero-order chi connectivity index (χ0) is 20.7. The molecule has 0 radical (unpaired) electrons. The fourth-order valence-corrected chi connectivity index (χ4v) is 4.87. The first kappa shape index (κ1) is 22.2. The van der Waals surface area contributed by atoms with Crippen LogP contribution in [-0.4, -0.2) is 66.4 Å². The number of hydrogen-bond acceptors (Lipinski definition) is 6. The third kappa shape index (κ3) is 3.46. The van der Waals surface area contributed by atoms with Gasteiger partial charge >= 0.3 is 5.97 Å². The van der Waals surface area contributed by atoms with Crippen molar-refractivity contribution in [1.29, 1.82) is 0 Å². The van der Waals surface area contributed by atoms with Gasteiger partial charge in [0.1, 0.15) is 16.2 Å². The molecule has 0 aliphatic carbocycles. The number of thiazole rings is 1. The molecule has 4 rings (SSSR count). The van der Waals surface area contributed by atoms with Gasteiger partial charge in [0.05, 0.1) is 16.6 Å². The maximum absolute atomic E-state index is 15.3. The van der Waals surface area contributed by atoms with Gasteiger partial charge in [-0.2, -0.15) is 0 Å². The minimum absolute atomic E-state index is 0. The molecule has 7 nitrogen and oxygen atoms in total. The van der Waals surface area contributed by atoms with Crippen LogP contribution in [0.3, 0.4) is 0 Å². The zero-order valence-corrected chi connectivity index (χ0v) is 18.2. The monoisotopic (exact) mass is 452 g/mol. The van der Waals surface area contributed by atoms with E-state index in [1.807, 2.05) is 4.90 Å². The number of hydrogen-bond donors (Lipinski definition) is 1. The Hall–Kier alpha value is -2.49. The van der Waals surface area contributed by atoms with Crippen LogP contribution >= 0.6 is 23.7 Å². The normalized spacial score (nSPS) is 15.2. The second kappa shape index (κ2) is 8.71. The Morgan fingerprint density at radius 3 is 2.63 bits per heavy atom. The fourth-order valence-electron chi connectivity index (χ4n) is 4.00. The van der Waals surface area contributed by atoms with Gasteiger partial charge in [-0.25, -0.2) is 9.18 Å². The number of likely N-dealkylation sites (N-methyl/N-ethyl adjacent to an activating group) is 1. The molecule has 1 aliphatic rings. The van der Waals surface area contributed by atoms with Crippen LogP contribution in [0.1, 0.15) is 22.8 Å². The van der Waals surface area contributed by atoms with Gasteiger partial charge in [-0.3, -0.25) is 9.79 Å². The largest absolute Gasteiger partial charge is 0.477 e. The van der Waals surface area contributed by atoms with Crippen molar-refractivity contribution in [2.75, 3.05) is 44.7 Å². The van der Waals surface area contributed by atoms with Gasteiger partial charge in [0.15, 0.2) is 0 Å². The van der Waals surface area contributed by atoms with Crippen LogP contribution in [0.4, 0.5) is 10.1 Å². The molecule has 1 aromatic carbocycles. The average molecular weight is 453 g/mol. The molecule has 0 atom stereocenters. The van der Waals surface area contributed by atoms with Crippen molar-refractivity contribution in [1.82, 2.24) is 9.30 Å². The Balaban J connectivity index is 0.00000256. The summed E-state index contributed by atoms with van der Waals surface area (Å²) in [6.45, 7) is 6.01. The Kier molecular flexibility index (Phi) is 6.44. The first-order valence-corrected chi connectivity index (χ1v) is 10.3. The van der Waals surface area contributed by atoms with E-state index in [-0.39, 0.29) is 23.4 Å². The molecule has 3 heterocycles. The summed E-state index contributed by atoms with van der Waals surface area (Å²) in [5, 5.41) is 11.3. The van der Waals surface area contributed by atoms with E-state index in [2.05, 4.69) is 16.8 Å². The predicted molar refractivity (Wildman–Crippen MR) is 121 cm³/mol. The molecule has 0 unspecified atom stereocenters. The summed E-state index contributed by atoms with van der Waals surface area (Å²) in [6.07, 6.45) is 3.26. The number of anilines is 1. The number of benzene rings is 1. The summed E-state index contributed by atoms with van der Waals surface area (Å²) < 4.78 is 17.0. The topological polar surface area (TPSA) is 77.6 Å². The number of aromatic carboxylic acids is 1. The summed E-state index contributed by atoms with van der Waals surface area (Å²) in [5.41, 5.74) is 0.366. The summed E-state index contributed by atoms with van der Waals surface area (Å²) in [5.74, 6) is -1.86.